The zero-order valence-corrected chi connectivity index (χ0v) is 10.3. The molecule has 0 atom stereocenters. The Morgan fingerprint density at radius 1 is 1.42 bits per heavy atom. The normalized spacial score (nSPS) is 11.0. The number of hydrogen-bond acceptors (Lipinski definition) is 3. The maximum absolute atomic E-state index is 11.0. The van der Waals surface area contributed by atoms with E-state index in [1.807, 2.05) is 28.8 Å². The van der Waals surface area contributed by atoms with Crippen LogP contribution in [0.4, 0.5) is 0 Å². The van der Waals surface area contributed by atoms with Crippen LogP contribution in [0, 0.1) is 6.92 Å². The highest BCUT2D eigenvalue weighted by Crippen LogP contribution is 2.18. The fourth-order valence-corrected chi connectivity index (χ4v) is 2.14. The van der Waals surface area contributed by atoms with Gasteiger partial charge >= 0.3 is 5.97 Å². The van der Waals surface area contributed by atoms with E-state index < -0.39 is 5.97 Å². The summed E-state index contributed by atoms with van der Waals surface area (Å²) in [5, 5.41) is 9.00. The molecule has 19 heavy (non-hydrogen) atoms. The average Bonchev–Trinajstić information content (AvgIpc) is 2.95. The smallest absolute Gasteiger partial charge is 0.339 e. The summed E-state index contributed by atoms with van der Waals surface area (Å²) in [5.41, 5.74) is 2.11. The van der Waals surface area contributed by atoms with Gasteiger partial charge < -0.3 is 14.1 Å². The van der Waals surface area contributed by atoms with Crippen LogP contribution in [0.15, 0.2) is 41.1 Å². The van der Waals surface area contributed by atoms with Gasteiger partial charge in [0.25, 0.3) is 0 Å². The Morgan fingerprint density at radius 3 is 2.95 bits per heavy atom. The lowest BCUT2D eigenvalue weighted by molar-refractivity contribution is 0.0695. The number of aromatic nitrogens is 2. The number of aryl methyl sites for hydroxylation is 1. The van der Waals surface area contributed by atoms with Gasteiger partial charge in [0.1, 0.15) is 17.1 Å². The molecule has 0 saturated carbocycles. The molecule has 0 unspecified atom stereocenters. The number of aromatic carboxylic acids is 1. The molecule has 0 amide bonds. The third kappa shape index (κ3) is 1.99. The first-order chi connectivity index (χ1) is 9.15. The summed E-state index contributed by atoms with van der Waals surface area (Å²) in [6.45, 7) is 2.12. The van der Waals surface area contributed by atoms with E-state index in [-0.39, 0.29) is 5.56 Å². The van der Waals surface area contributed by atoms with Crippen molar-refractivity contribution in [3.8, 4) is 0 Å². The molecule has 0 fully saturated rings. The van der Waals surface area contributed by atoms with Gasteiger partial charge in [-0.25, -0.2) is 9.78 Å². The summed E-state index contributed by atoms with van der Waals surface area (Å²) in [4.78, 5) is 15.3. The molecular weight excluding hydrogens is 244 g/mol. The molecule has 2 heterocycles. The number of fused-ring (bicyclic) bond motifs is 1. The molecule has 0 radical (unpaired) electrons. The Labute approximate surface area is 109 Å². The molecule has 96 valence electrons. The number of carboxylic acid groups (broad SMARTS) is 1. The van der Waals surface area contributed by atoms with Crippen molar-refractivity contribution in [1.82, 2.24) is 9.55 Å². The molecule has 2 aromatic heterocycles. The summed E-state index contributed by atoms with van der Waals surface area (Å²) in [6, 6.07) is 9.33. The number of imidazole rings is 1. The Hall–Kier alpha value is -2.56. The van der Waals surface area contributed by atoms with Gasteiger partial charge in [0.2, 0.25) is 0 Å². The lowest BCUT2D eigenvalue weighted by Crippen LogP contribution is -1.97. The van der Waals surface area contributed by atoms with Crippen molar-refractivity contribution >= 4 is 17.0 Å². The minimum atomic E-state index is -0.969. The average molecular weight is 256 g/mol. The van der Waals surface area contributed by atoms with Gasteiger partial charge in [-0.1, -0.05) is 12.1 Å². The molecule has 3 aromatic rings. The molecule has 1 N–H and O–H groups in total. The second kappa shape index (κ2) is 4.28. The van der Waals surface area contributed by atoms with Crippen molar-refractivity contribution in [3.63, 3.8) is 0 Å². The monoisotopic (exact) mass is 256 g/mol. The van der Waals surface area contributed by atoms with E-state index in [0.717, 1.165) is 11.0 Å². The predicted octanol–water partition coefficient (Wildman–Crippen LogP) is 2.68. The van der Waals surface area contributed by atoms with Gasteiger partial charge in [0, 0.05) is 0 Å². The number of carbonyl (C=O) groups is 1. The van der Waals surface area contributed by atoms with Gasteiger partial charge in [0.15, 0.2) is 0 Å². The Morgan fingerprint density at radius 2 is 2.21 bits per heavy atom. The molecule has 5 nitrogen and oxygen atoms in total. The molecule has 0 aliphatic rings. The van der Waals surface area contributed by atoms with E-state index in [4.69, 9.17) is 9.52 Å². The van der Waals surface area contributed by atoms with Crippen LogP contribution in [-0.4, -0.2) is 20.6 Å². The molecule has 0 aliphatic heterocycles. The summed E-state index contributed by atoms with van der Waals surface area (Å²) in [5.74, 6) is 0.0629. The van der Waals surface area contributed by atoms with Gasteiger partial charge in [-0.2, -0.15) is 0 Å². The van der Waals surface area contributed by atoms with Crippen molar-refractivity contribution in [3.05, 3.63) is 53.7 Å². The Bertz CT molecular complexity index is 755. The largest absolute Gasteiger partial charge is 0.478 e. The summed E-state index contributed by atoms with van der Waals surface area (Å²) < 4.78 is 7.40. The number of hydrogen-bond donors (Lipinski definition) is 1. The van der Waals surface area contributed by atoms with Crippen molar-refractivity contribution in [1.29, 1.82) is 0 Å². The maximum atomic E-state index is 11.0. The predicted molar refractivity (Wildman–Crippen MR) is 69.2 cm³/mol. The molecule has 1 aromatic carbocycles. The van der Waals surface area contributed by atoms with Crippen molar-refractivity contribution < 1.29 is 14.3 Å². The minimum absolute atomic E-state index is 0.208. The summed E-state index contributed by atoms with van der Waals surface area (Å²) >= 11 is 0. The number of para-hydroxylation sites is 2. The van der Waals surface area contributed by atoms with E-state index in [1.54, 1.807) is 19.3 Å². The molecule has 0 spiro atoms. The molecule has 0 bridgehead atoms. The fraction of sp³-hybridized carbons (Fsp3) is 0.143. The Balaban J connectivity index is 1.97. The first-order valence-corrected chi connectivity index (χ1v) is 5.87. The standard InChI is InChI=1S/C14H12N2O3/c1-9-11(14(17)18)6-10(19-9)7-16-8-15-12-4-2-3-5-13(12)16/h2-6,8H,7H2,1H3,(H,17,18). The lowest BCUT2D eigenvalue weighted by atomic mass is 10.2. The first-order valence-electron chi connectivity index (χ1n) is 5.87. The third-order valence-corrected chi connectivity index (χ3v) is 3.05. The maximum Gasteiger partial charge on any atom is 0.339 e. The summed E-state index contributed by atoms with van der Waals surface area (Å²) in [6.07, 6.45) is 1.73. The number of nitrogens with zero attached hydrogens (tertiary/aromatic N) is 2. The van der Waals surface area contributed by atoms with Gasteiger partial charge in [-0.3, -0.25) is 0 Å². The molecule has 3 rings (SSSR count). The highest BCUT2D eigenvalue weighted by Gasteiger charge is 2.14. The van der Waals surface area contributed by atoms with Gasteiger partial charge in [-0.15, -0.1) is 0 Å². The second-order valence-corrected chi connectivity index (χ2v) is 4.35. The van der Waals surface area contributed by atoms with E-state index in [9.17, 15) is 4.79 Å². The van der Waals surface area contributed by atoms with Crippen LogP contribution in [0.1, 0.15) is 21.9 Å². The van der Waals surface area contributed by atoms with E-state index in [2.05, 4.69) is 4.98 Å². The van der Waals surface area contributed by atoms with Gasteiger partial charge in [-0.05, 0) is 25.1 Å². The van der Waals surface area contributed by atoms with Crippen LogP contribution in [0.3, 0.4) is 0 Å². The van der Waals surface area contributed by atoms with Crippen LogP contribution >= 0.6 is 0 Å². The topological polar surface area (TPSA) is 68.3 Å². The Kier molecular flexibility index (Phi) is 2.59. The molecule has 5 heteroatoms. The number of benzene rings is 1. The zero-order chi connectivity index (χ0) is 13.4. The summed E-state index contributed by atoms with van der Waals surface area (Å²) in [7, 11) is 0. The minimum Gasteiger partial charge on any atom is -0.478 e. The fourth-order valence-electron chi connectivity index (χ4n) is 2.14. The van der Waals surface area contributed by atoms with Crippen LogP contribution < -0.4 is 0 Å². The zero-order valence-electron chi connectivity index (χ0n) is 10.3. The molecular formula is C14H12N2O3. The first kappa shape index (κ1) is 11.5. The van der Waals surface area contributed by atoms with E-state index >= 15 is 0 Å². The SMILES string of the molecule is Cc1oc(Cn2cnc3ccccc32)cc1C(=O)O. The van der Waals surface area contributed by atoms with Crippen molar-refractivity contribution in [2.75, 3.05) is 0 Å². The molecule has 0 saturated heterocycles. The van der Waals surface area contributed by atoms with E-state index in [0.29, 0.717) is 18.1 Å². The number of furan rings is 1. The number of carboxylic acids is 1. The highest BCUT2D eigenvalue weighted by atomic mass is 16.4. The molecule has 0 aliphatic carbocycles. The number of rotatable bonds is 3. The van der Waals surface area contributed by atoms with Crippen LogP contribution in [0.2, 0.25) is 0 Å². The van der Waals surface area contributed by atoms with Crippen LogP contribution in [0.5, 0.6) is 0 Å². The van der Waals surface area contributed by atoms with Crippen LogP contribution in [0.25, 0.3) is 11.0 Å². The third-order valence-electron chi connectivity index (χ3n) is 3.05. The quantitative estimate of drug-likeness (QED) is 0.782. The van der Waals surface area contributed by atoms with Crippen molar-refractivity contribution in [2.45, 2.75) is 13.5 Å². The van der Waals surface area contributed by atoms with E-state index in [1.165, 1.54) is 0 Å². The highest BCUT2D eigenvalue weighted by molar-refractivity contribution is 5.88. The van der Waals surface area contributed by atoms with Crippen LogP contribution in [-0.2, 0) is 6.54 Å². The lowest BCUT2D eigenvalue weighted by Gasteiger charge is -2.00. The van der Waals surface area contributed by atoms with Gasteiger partial charge in [0.05, 0.1) is 23.9 Å². The second-order valence-electron chi connectivity index (χ2n) is 4.35. The van der Waals surface area contributed by atoms with Crippen molar-refractivity contribution in [2.24, 2.45) is 0 Å².